The van der Waals surface area contributed by atoms with Gasteiger partial charge in [-0.15, -0.1) is 0 Å². The van der Waals surface area contributed by atoms with Crippen LogP contribution in [0.4, 0.5) is 0 Å². The van der Waals surface area contributed by atoms with E-state index in [1.165, 1.54) is 0 Å². The molecule has 110 valence electrons. The van der Waals surface area contributed by atoms with E-state index in [-0.39, 0.29) is 12.4 Å². The van der Waals surface area contributed by atoms with Gasteiger partial charge in [0.1, 0.15) is 0 Å². The Hall–Kier alpha value is -1.81. The molecule has 3 nitrogen and oxygen atoms in total. The Morgan fingerprint density at radius 1 is 1.19 bits per heavy atom. The summed E-state index contributed by atoms with van der Waals surface area (Å²) in [4.78, 5) is 12.3. The summed E-state index contributed by atoms with van der Waals surface area (Å²) in [6.45, 7) is 3.86. The highest BCUT2D eigenvalue weighted by molar-refractivity contribution is 9.10. The van der Waals surface area contributed by atoms with Crippen LogP contribution in [0.25, 0.3) is 0 Å². The second-order valence-electron chi connectivity index (χ2n) is 4.80. The largest absolute Gasteiger partial charge is 0.493 e. The lowest BCUT2D eigenvalue weighted by molar-refractivity contribution is 0.0918. The summed E-state index contributed by atoms with van der Waals surface area (Å²) in [7, 11) is 1.57. The van der Waals surface area contributed by atoms with E-state index in [2.05, 4.69) is 15.9 Å². The third kappa shape index (κ3) is 3.64. The highest BCUT2D eigenvalue weighted by Crippen LogP contribution is 2.34. The number of aryl methyl sites for hydroxylation is 2. The lowest BCUT2D eigenvalue weighted by Crippen LogP contribution is -2.13. The van der Waals surface area contributed by atoms with E-state index < -0.39 is 0 Å². The van der Waals surface area contributed by atoms with Crippen molar-refractivity contribution < 1.29 is 14.3 Å². The van der Waals surface area contributed by atoms with Gasteiger partial charge in [0.2, 0.25) is 0 Å². The van der Waals surface area contributed by atoms with Crippen LogP contribution < -0.4 is 9.47 Å². The zero-order valence-corrected chi connectivity index (χ0v) is 13.9. The molecule has 0 saturated carbocycles. The van der Waals surface area contributed by atoms with Crippen LogP contribution >= 0.6 is 15.9 Å². The van der Waals surface area contributed by atoms with Crippen molar-refractivity contribution in [2.24, 2.45) is 0 Å². The van der Waals surface area contributed by atoms with Gasteiger partial charge in [0.25, 0.3) is 0 Å². The molecule has 0 N–H and O–H groups in total. The first kappa shape index (κ1) is 15.6. The molecule has 0 atom stereocenters. The second-order valence-corrected chi connectivity index (χ2v) is 5.66. The summed E-state index contributed by atoms with van der Waals surface area (Å²) in [6, 6.07) is 11.3. The maximum absolute atomic E-state index is 12.3. The van der Waals surface area contributed by atoms with Crippen LogP contribution in [0.15, 0.2) is 40.9 Å². The Morgan fingerprint density at radius 3 is 2.67 bits per heavy atom. The first-order chi connectivity index (χ1) is 10.0. The minimum Gasteiger partial charge on any atom is -0.493 e. The molecule has 21 heavy (non-hydrogen) atoms. The number of halogens is 1. The number of carbonyl (C=O) groups excluding carboxylic acids is 1. The van der Waals surface area contributed by atoms with E-state index in [0.29, 0.717) is 17.1 Å². The molecule has 0 aliphatic heterocycles. The number of methoxy groups -OCH3 is 1. The van der Waals surface area contributed by atoms with Crippen molar-refractivity contribution in [2.45, 2.75) is 13.8 Å². The van der Waals surface area contributed by atoms with Crippen molar-refractivity contribution in [3.63, 3.8) is 0 Å². The molecule has 2 rings (SSSR count). The predicted octanol–water partition coefficient (Wildman–Crippen LogP) is 4.34. The first-order valence-electron chi connectivity index (χ1n) is 6.58. The summed E-state index contributed by atoms with van der Waals surface area (Å²) in [5.74, 6) is 1.09. The smallest absolute Gasteiger partial charge is 0.200 e. The fourth-order valence-electron chi connectivity index (χ4n) is 2.04. The van der Waals surface area contributed by atoms with Gasteiger partial charge in [0, 0.05) is 5.56 Å². The maximum Gasteiger partial charge on any atom is 0.200 e. The Labute approximate surface area is 133 Å². The Kier molecular flexibility index (Phi) is 5.02. The minimum absolute atomic E-state index is 0.0245. The van der Waals surface area contributed by atoms with E-state index >= 15 is 0 Å². The Morgan fingerprint density at radius 2 is 1.95 bits per heavy atom. The molecule has 0 aliphatic rings. The highest BCUT2D eigenvalue weighted by Gasteiger charge is 2.14. The van der Waals surface area contributed by atoms with Crippen molar-refractivity contribution in [3.8, 4) is 11.5 Å². The number of hydrogen-bond donors (Lipinski definition) is 0. The molecule has 0 aromatic heterocycles. The number of ether oxygens (including phenoxy) is 2. The van der Waals surface area contributed by atoms with Crippen LogP contribution in [0.2, 0.25) is 0 Å². The van der Waals surface area contributed by atoms with Gasteiger partial charge in [-0.05, 0) is 53.5 Å². The van der Waals surface area contributed by atoms with Crippen LogP contribution in [-0.2, 0) is 0 Å². The number of hydrogen-bond acceptors (Lipinski definition) is 3. The molecule has 0 amide bonds. The van der Waals surface area contributed by atoms with E-state index in [0.717, 1.165) is 15.6 Å². The summed E-state index contributed by atoms with van der Waals surface area (Å²) >= 11 is 3.40. The lowest BCUT2D eigenvalue weighted by Gasteiger charge is -2.12. The second kappa shape index (κ2) is 6.76. The molecule has 0 aliphatic carbocycles. The van der Waals surface area contributed by atoms with Gasteiger partial charge in [0.05, 0.1) is 11.6 Å². The summed E-state index contributed by atoms with van der Waals surface area (Å²) in [5.41, 5.74) is 2.71. The average molecular weight is 349 g/mol. The van der Waals surface area contributed by atoms with Gasteiger partial charge < -0.3 is 9.47 Å². The van der Waals surface area contributed by atoms with E-state index in [1.54, 1.807) is 13.2 Å². The molecular weight excluding hydrogens is 332 g/mol. The number of carbonyl (C=O) groups is 1. The topological polar surface area (TPSA) is 35.5 Å². The van der Waals surface area contributed by atoms with Crippen molar-refractivity contribution in [2.75, 3.05) is 13.7 Å². The number of rotatable bonds is 5. The van der Waals surface area contributed by atoms with Gasteiger partial charge in [-0.2, -0.15) is 0 Å². The van der Waals surface area contributed by atoms with Crippen molar-refractivity contribution in [1.29, 1.82) is 0 Å². The van der Waals surface area contributed by atoms with Gasteiger partial charge in [0.15, 0.2) is 23.9 Å². The molecule has 4 heteroatoms. The molecule has 0 unspecified atom stereocenters. The van der Waals surface area contributed by atoms with Crippen LogP contribution in [0.3, 0.4) is 0 Å². The zero-order valence-electron chi connectivity index (χ0n) is 12.3. The maximum atomic E-state index is 12.3. The summed E-state index contributed by atoms with van der Waals surface area (Å²) in [5, 5.41) is 0. The molecule has 0 fully saturated rings. The van der Waals surface area contributed by atoms with E-state index in [4.69, 9.17) is 9.47 Å². The number of benzene rings is 2. The van der Waals surface area contributed by atoms with Gasteiger partial charge in [-0.1, -0.05) is 23.8 Å². The molecule has 2 aromatic rings. The van der Waals surface area contributed by atoms with Crippen molar-refractivity contribution in [3.05, 3.63) is 57.6 Å². The quantitative estimate of drug-likeness (QED) is 0.754. The fourth-order valence-corrected chi connectivity index (χ4v) is 2.50. The molecule has 0 saturated heterocycles. The lowest BCUT2D eigenvalue weighted by atomic mass is 10.0. The summed E-state index contributed by atoms with van der Waals surface area (Å²) in [6.07, 6.45) is 0. The van der Waals surface area contributed by atoms with Crippen LogP contribution in [-0.4, -0.2) is 19.5 Å². The zero-order chi connectivity index (χ0) is 15.4. The minimum atomic E-state index is -0.0472. The first-order valence-corrected chi connectivity index (χ1v) is 7.38. The molecule has 2 aromatic carbocycles. The van der Waals surface area contributed by atoms with Crippen molar-refractivity contribution >= 4 is 21.7 Å². The van der Waals surface area contributed by atoms with Crippen molar-refractivity contribution in [1.82, 2.24) is 0 Å². The Bertz CT molecular complexity index is 665. The third-order valence-corrected chi connectivity index (χ3v) is 3.82. The molecular formula is C17H17BrO3. The predicted molar refractivity (Wildman–Crippen MR) is 86.4 cm³/mol. The van der Waals surface area contributed by atoms with Crippen LogP contribution in [0, 0.1) is 13.8 Å². The Balaban J connectivity index is 2.17. The fraction of sp³-hybridized carbons (Fsp3) is 0.235. The molecule has 0 spiro atoms. The third-order valence-electron chi connectivity index (χ3n) is 3.19. The van der Waals surface area contributed by atoms with Crippen LogP contribution in [0.5, 0.6) is 11.5 Å². The highest BCUT2D eigenvalue weighted by atomic mass is 79.9. The number of para-hydroxylation sites is 1. The molecule has 0 bridgehead atoms. The van der Waals surface area contributed by atoms with Crippen LogP contribution in [0.1, 0.15) is 21.5 Å². The van der Waals surface area contributed by atoms with Gasteiger partial charge >= 0.3 is 0 Å². The van der Waals surface area contributed by atoms with E-state index in [1.807, 2.05) is 44.2 Å². The molecule has 0 radical (unpaired) electrons. The van der Waals surface area contributed by atoms with Gasteiger partial charge in [-0.3, -0.25) is 4.79 Å². The normalized spacial score (nSPS) is 10.3. The average Bonchev–Trinajstić information content (AvgIpc) is 2.47. The number of ketones is 1. The number of Topliss-reactive ketones (excluding diaryl/α,β-unsaturated/α-hetero) is 1. The standard InChI is InChI=1S/C17H17BrO3/c1-11-7-8-12(2)13(9-11)15(19)10-21-17-14(18)5-4-6-16(17)20-3/h4-9H,10H2,1-3H3. The van der Waals surface area contributed by atoms with E-state index in [9.17, 15) is 4.79 Å². The summed E-state index contributed by atoms with van der Waals surface area (Å²) < 4.78 is 11.6. The monoisotopic (exact) mass is 348 g/mol. The molecule has 0 heterocycles. The van der Waals surface area contributed by atoms with Gasteiger partial charge in [-0.25, -0.2) is 0 Å². The SMILES string of the molecule is COc1cccc(Br)c1OCC(=O)c1cc(C)ccc1C.